The van der Waals surface area contributed by atoms with E-state index in [0.29, 0.717) is 13.0 Å². The Bertz CT molecular complexity index is 1140. The van der Waals surface area contributed by atoms with Crippen molar-refractivity contribution in [1.29, 1.82) is 0 Å². The highest BCUT2D eigenvalue weighted by Crippen LogP contribution is 2.18. The second kappa shape index (κ2) is 8.67. The summed E-state index contributed by atoms with van der Waals surface area (Å²) >= 11 is 0. The monoisotopic (exact) mass is 415 g/mol. The Balaban J connectivity index is 1.72. The van der Waals surface area contributed by atoms with Crippen LogP contribution in [0.1, 0.15) is 29.8 Å². The maximum atomic E-state index is 14.0. The number of rotatable bonds is 7. The average molecular weight is 415 g/mol. The predicted octanol–water partition coefficient (Wildman–Crippen LogP) is 3.03. The van der Waals surface area contributed by atoms with E-state index in [2.05, 4.69) is 15.0 Å². The Morgan fingerprint density at radius 2 is 1.90 bits per heavy atom. The molecule has 8 heteroatoms. The molecule has 1 amide bonds. The summed E-state index contributed by atoms with van der Waals surface area (Å²) < 4.78 is 40.9. The number of carbonyl (C=O) groups excluding carboxylic acids is 1. The third-order valence-corrected chi connectivity index (χ3v) is 5.94. The Morgan fingerprint density at radius 1 is 1.14 bits per heavy atom. The fraction of sp³-hybridized carbons (Fsp3) is 0.238. The first-order valence-electron chi connectivity index (χ1n) is 9.20. The molecule has 0 bridgehead atoms. The number of hydrogen-bond donors (Lipinski definition) is 2. The summed E-state index contributed by atoms with van der Waals surface area (Å²) in [5, 5.41) is 3.76. The fourth-order valence-electron chi connectivity index (χ4n) is 3.01. The van der Waals surface area contributed by atoms with Gasteiger partial charge < -0.3 is 5.32 Å². The minimum absolute atomic E-state index is 0.0755. The van der Waals surface area contributed by atoms with E-state index in [1.165, 1.54) is 6.07 Å². The van der Waals surface area contributed by atoms with Crippen molar-refractivity contribution in [2.75, 3.05) is 6.54 Å². The van der Waals surface area contributed by atoms with Gasteiger partial charge in [0.05, 0.1) is 5.52 Å². The molecule has 1 heterocycles. The van der Waals surface area contributed by atoms with Crippen molar-refractivity contribution < 1.29 is 17.6 Å². The number of aromatic nitrogens is 1. The van der Waals surface area contributed by atoms with E-state index in [9.17, 15) is 17.6 Å². The molecule has 0 fully saturated rings. The summed E-state index contributed by atoms with van der Waals surface area (Å²) in [5.74, 6) is -1.38. The number of carbonyl (C=O) groups is 1. The molecule has 0 saturated carbocycles. The molecule has 0 unspecified atom stereocenters. The van der Waals surface area contributed by atoms with Crippen molar-refractivity contribution in [3.05, 3.63) is 71.7 Å². The Labute approximate surface area is 169 Å². The molecule has 3 rings (SSSR count). The van der Waals surface area contributed by atoms with Crippen molar-refractivity contribution in [3.63, 3.8) is 0 Å². The molecular weight excluding hydrogens is 393 g/mol. The average Bonchev–Trinajstić information content (AvgIpc) is 2.67. The Kier molecular flexibility index (Phi) is 6.24. The summed E-state index contributed by atoms with van der Waals surface area (Å²) in [5.41, 5.74) is 1.94. The van der Waals surface area contributed by atoms with Crippen LogP contribution in [0.25, 0.3) is 10.9 Å². The lowest BCUT2D eigenvalue weighted by molar-refractivity contribution is 0.0954. The molecule has 3 aromatic rings. The molecule has 0 aliphatic heterocycles. The second-order valence-electron chi connectivity index (χ2n) is 6.92. The molecule has 0 radical (unpaired) electrons. The van der Waals surface area contributed by atoms with Crippen molar-refractivity contribution in [2.45, 2.75) is 31.2 Å². The van der Waals surface area contributed by atoms with E-state index < -0.39 is 32.7 Å². The van der Waals surface area contributed by atoms with Gasteiger partial charge >= 0.3 is 0 Å². The van der Waals surface area contributed by atoms with Gasteiger partial charge in [-0.15, -0.1) is 0 Å². The molecular formula is C21H22FN3O3S. The minimum atomic E-state index is -4.05. The molecule has 1 aromatic heterocycles. The second-order valence-corrected chi connectivity index (χ2v) is 8.60. The summed E-state index contributed by atoms with van der Waals surface area (Å²) in [4.78, 5) is 16.3. The van der Waals surface area contributed by atoms with Gasteiger partial charge in [-0.2, -0.15) is 0 Å². The zero-order valence-electron chi connectivity index (χ0n) is 16.1. The minimum Gasteiger partial charge on any atom is -0.352 e. The highest BCUT2D eigenvalue weighted by atomic mass is 32.2. The van der Waals surface area contributed by atoms with Crippen molar-refractivity contribution in [3.8, 4) is 0 Å². The number of fused-ring (bicyclic) bond motifs is 1. The smallest absolute Gasteiger partial charge is 0.251 e. The SMILES string of the molecule is CC(C)NS(=O)(=O)c1cc(C(=O)NCCc2cccc3cccnc23)ccc1F. The van der Waals surface area contributed by atoms with E-state index in [4.69, 9.17) is 0 Å². The topological polar surface area (TPSA) is 88.2 Å². The summed E-state index contributed by atoms with van der Waals surface area (Å²) in [6.45, 7) is 3.60. The molecule has 0 aliphatic carbocycles. The summed E-state index contributed by atoms with van der Waals surface area (Å²) in [6.07, 6.45) is 2.28. The third kappa shape index (κ3) is 4.96. The van der Waals surface area contributed by atoms with Crippen LogP contribution in [-0.2, 0) is 16.4 Å². The number of nitrogens with one attached hydrogen (secondary N) is 2. The van der Waals surface area contributed by atoms with E-state index in [0.717, 1.165) is 28.6 Å². The van der Waals surface area contributed by atoms with Gasteiger partial charge in [0.2, 0.25) is 10.0 Å². The molecule has 0 spiro atoms. The number of sulfonamides is 1. The highest BCUT2D eigenvalue weighted by Gasteiger charge is 2.22. The normalized spacial score (nSPS) is 11.7. The van der Waals surface area contributed by atoms with E-state index in [1.807, 2.05) is 30.3 Å². The summed E-state index contributed by atoms with van der Waals surface area (Å²) in [7, 11) is -4.05. The number of pyridine rings is 1. The van der Waals surface area contributed by atoms with Crippen molar-refractivity contribution in [2.24, 2.45) is 0 Å². The molecule has 0 atom stereocenters. The number of nitrogens with zero attached hydrogens (tertiary/aromatic N) is 1. The van der Waals surface area contributed by atoms with Crippen LogP contribution >= 0.6 is 0 Å². The van der Waals surface area contributed by atoms with E-state index >= 15 is 0 Å². The van der Waals surface area contributed by atoms with E-state index in [-0.39, 0.29) is 5.56 Å². The number of halogens is 1. The number of benzene rings is 2. The molecule has 6 nitrogen and oxygen atoms in total. The van der Waals surface area contributed by atoms with Gasteiger partial charge in [0.1, 0.15) is 10.7 Å². The molecule has 2 aromatic carbocycles. The fourth-order valence-corrected chi connectivity index (χ4v) is 4.36. The van der Waals surface area contributed by atoms with Gasteiger partial charge in [0.25, 0.3) is 5.91 Å². The first-order valence-corrected chi connectivity index (χ1v) is 10.7. The van der Waals surface area contributed by atoms with Gasteiger partial charge in [-0.25, -0.2) is 17.5 Å². The van der Waals surface area contributed by atoms with Crippen LogP contribution in [0.2, 0.25) is 0 Å². The standard InChI is InChI=1S/C21H22FN3O3S/c1-14(2)25-29(27,28)19-13-17(8-9-18(19)22)21(26)24-12-10-16-6-3-5-15-7-4-11-23-20(15)16/h3-9,11,13-14,25H,10,12H2,1-2H3,(H,24,26). The van der Waals surface area contributed by atoms with Crippen LogP contribution in [0.3, 0.4) is 0 Å². The number of amides is 1. The van der Waals surface area contributed by atoms with Crippen LogP contribution in [0.4, 0.5) is 4.39 Å². The zero-order chi connectivity index (χ0) is 21.0. The van der Waals surface area contributed by atoms with E-state index in [1.54, 1.807) is 20.0 Å². The first-order chi connectivity index (χ1) is 13.8. The first kappa shape index (κ1) is 20.9. The van der Waals surface area contributed by atoms with Crippen LogP contribution in [-0.4, -0.2) is 31.9 Å². The number of hydrogen-bond acceptors (Lipinski definition) is 4. The van der Waals surface area contributed by atoms with Crippen LogP contribution in [0, 0.1) is 5.82 Å². The quantitative estimate of drug-likeness (QED) is 0.621. The van der Waals surface area contributed by atoms with Gasteiger partial charge in [0.15, 0.2) is 0 Å². The maximum absolute atomic E-state index is 14.0. The third-order valence-electron chi connectivity index (χ3n) is 4.27. The Morgan fingerprint density at radius 3 is 2.66 bits per heavy atom. The molecule has 0 aliphatic rings. The van der Waals surface area contributed by atoms with Crippen molar-refractivity contribution in [1.82, 2.24) is 15.0 Å². The molecule has 29 heavy (non-hydrogen) atoms. The van der Waals surface area contributed by atoms with Gasteiger partial charge in [0, 0.05) is 29.7 Å². The zero-order valence-corrected chi connectivity index (χ0v) is 17.0. The molecule has 2 N–H and O–H groups in total. The van der Waals surface area contributed by atoms with Crippen LogP contribution in [0.5, 0.6) is 0 Å². The Hall–Kier alpha value is -2.84. The largest absolute Gasteiger partial charge is 0.352 e. The number of para-hydroxylation sites is 1. The predicted molar refractivity (Wildman–Crippen MR) is 110 cm³/mol. The molecule has 152 valence electrons. The summed E-state index contributed by atoms with van der Waals surface area (Å²) in [6, 6.07) is 12.6. The molecule has 0 saturated heterocycles. The van der Waals surface area contributed by atoms with Gasteiger partial charge in [-0.05, 0) is 50.1 Å². The lowest BCUT2D eigenvalue weighted by Gasteiger charge is -2.12. The lowest BCUT2D eigenvalue weighted by Crippen LogP contribution is -2.31. The van der Waals surface area contributed by atoms with Crippen molar-refractivity contribution >= 4 is 26.8 Å². The van der Waals surface area contributed by atoms with Gasteiger partial charge in [-0.3, -0.25) is 9.78 Å². The van der Waals surface area contributed by atoms with Crippen LogP contribution in [0.15, 0.2) is 59.6 Å². The lowest BCUT2D eigenvalue weighted by atomic mass is 10.1. The van der Waals surface area contributed by atoms with Crippen LogP contribution < -0.4 is 10.0 Å². The highest BCUT2D eigenvalue weighted by molar-refractivity contribution is 7.89. The van der Waals surface area contributed by atoms with Gasteiger partial charge in [-0.1, -0.05) is 24.3 Å². The maximum Gasteiger partial charge on any atom is 0.251 e.